The molecule has 0 fully saturated rings. The van der Waals surface area contributed by atoms with Crippen molar-refractivity contribution < 1.29 is 14.7 Å². The van der Waals surface area contributed by atoms with E-state index in [2.05, 4.69) is 16.4 Å². The highest BCUT2D eigenvalue weighted by Crippen LogP contribution is 2.19. The molecular weight excluding hydrogens is 232 g/mol. The Bertz CT molecular complexity index is 497. The summed E-state index contributed by atoms with van der Waals surface area (Å²) in [5.74, 6) is -0.900. The van der Waals surface area contributed by atoms with E-state index in [0.717, 1.165) is 19.3 Å². The lowest BCUT2D eigenvalue weighted by Crippen LogP contribution is -2.24. The lowest BCUT2D eigenvalue weighted by atomic mass is 9.94. The maximum absolute atomic E-state index is 11.9. The molecule has 2 rings (SSSR count). The standard InChI is InChI=1S/C13H14N2O3/c16-12(9-4-2-1-3-5-9)15-11-8-10(13(17)18)6-7-14-11/h1-2,6-9H,3-5H2,(H,17,18)(H,14,15,16). The van der Waals surface area contributed by atoms with Gasteiger partial charge in [0, 0.05) is 12.1 Å². The summed E-state index contributed by atoms with van der Waals surface area (Å²) in [6, 6.07) is 2.75. The number of nitrogens with zero attached hydrogens (tertiary/aromatic N) is 1. The smallest absolute Gasteiger partial charge is 0.335 e. The Labute approximate surface area is 105 Å². The molecule has 0 radical (unpaired) electrons. The van der Waals surface area contributed by atoms with Crippen LogP contribution in [0, 0.1) is 5.92 Å². The maximum atomic E-state index is 11.9. The average Bonchev–Trinajstić information content (AvgIpc) is 2.40. The van der Waals surface area contributed by atoms with Crippen LogP contribution < -0.4 is 5.32 Å². The molecule has 1 aliphatic rings. The van der Waals surface area contributed by atoms with Crippen LogP contribution in [0.1, 0.15) is 29.6 Å². The molecule has 1 amide bonds. The van der Waals surface area contributed by atoms with Crippen molar-refractivity contribution in [2.75, 3.05) is 5.32 Å². The topological polar surface area (TPSA) is 79.3 Å². The molecule has 1 aromatic heterocycles. The summed E-state index contributed by atoms with van der Waals surface area (Å²) in [6.07, 6.45) is 7.88. The molecule has 1 atom stereocenters. The highest BCUT2D eigenvalue weighted by atomic mass is 16.4. The van der Waals surface area contributed by atoms with Crippen molar-refractivity contribution in [1.82, 2.24) is 4.98 Å². The van der Waals surface area contributed by atoms with Crippen LogP contribution in [0.25, 0.3) is 0 Å². The van der Waals surface area contributed by atoms with Crippen molar-refractivity contribution in [3.05, 3.63) is 36.0 Å². The fraction of sp³-hybridized carbons (Fsp3) is 0.308. The van der Waals surface area contributed by atoms with E-state index < -0.39 is 5.97 Å². The van der Waals surface area contributed by atoms with Gasteiger partial charge in [0.15, 0.2) is 0 Å². The normalized spacial score (nSPS) is 18.3. The van der Waals surface area contributed by atoms with Gasteiger partial charge in [0.25, 0.3) is 0 Å². The second kappa shape index (κ2) is 5.44. The Morgan fingerprint density at radius 3 is 2.89 bits per heavy atom. The predicted molar refractivity (Wildman–Crippen MR) is 66.3 cm³/mol. The number of anilines is 1. The molecular formula is C13H14N2O3. The van der Waals surface area contributed by atoms with Gasteiger partial charge in [-0.1, -0.05) is 12.2 Å². The monoisotopic (exact) mass is 246 g/mol. The molecule has 2 N–H and O–H groups in total. The first-order valence-electron chi connectivity index (χ1n) is 5.82. The fourth-order valence-corrected chi connectivity index (χ4v) is 1.89. The average molecular weight is 246 g/mol. The van der Waals surface area contributed by atoms with Gasteiger partial charge >= 0.3 is 5.97 Å². The minimum Gasteiger partial charge on any atom is -0.478 e. The summed E-state index contributed by atoms with van der Waals surface area (Å²) in [7, 11) is 0. The van der Waals surface area contributed by atoms with Crippen LogP contribution in [0.5, 0.6) is 0 Å². The molecule has 1 aromatic rings. The number of rotatable bonds is 3. The van der Waals surface area contributed by atoms with Crippen molar-refractivity contribution in [1.29, 1.82) is 0 Å². The number of carboxylic acids is 1. The number of nitrogens with one attached hydrogen (secondary N) is 1. The second-order valence-electron chi connectivity index (χ2n) is 4.21. The summed E-state index contributed by atoms with van der Waals surface area (Å²) in [5.41, 5.74) is 0.115. The van der Waals surface area contributed by atoms with Gasteiger partial charge in [-0.2, -0.15) is 0 Å². The SMILES string of the molecule is O=C(O)c1ccnc(NC(=O)C2CC=CCC2)c1. The highest BCUT2D eigenvalue weighted by molar-refractivity contribution is 5.94. The first-order valence-corrected chi connectivity index (χ1v) is 5.82. The zero-order valence-electron chi connectivity index (χ0n) is 9.80. The van der Waals surface area contributed by atoms with Crippen LogP contribution in [0.2, 0.25) is 0 Å². The summed E-state index contributed by atoms with van der Waals surface area (Å²) in [5, 5.41) is 11.5. The number of hydrogen-bond donors (Lipinski definition) is 2. The van der Waals surface area contributed by atoms with Crippen LogP contribution in [-0.4, -0.2) is 22.0 Å². The third kappa shape index (κ3) is 2.94. The van der Waals surface area contributed by atoms with E-state index in [1.165, 1.54) is 18.3 Å². The Hall–Kier alpha value is -2.17. The molecule has 5 nitrogen and oxygen atoms in total. The molecule has 5 heteroatoms. The minimum absolute atomic E-state index is 0.0507. The number of aromatic nitrogens is 1. The lowest BCUT2D eigenvalue weighted by molar-refractivity contribution is -0.120. The van der Waals surface area contributed by atoms with E-state index in [1.54, 1.807) is 0 Å². The second-order valence-corrected chi connectivity index (χ2v) is 4.21. The molecule has 1 unspecified atom stereocenters. The van der Waals surface area contributed by atoms with E-state index in [1.807, 2.05) is 6.08 Å². The van der Waals surface area contributed by atoms with E-state index in [9.17, 15) is 9.59 Å². The molecule has 0 aromatic carbocycles. The number of carbonyl (C=O) groups excluding carboxylic acids is 1. The molecule has 94 valence electrons. The minimum atomic E-state index is -1.03. The van der Waals surface area contributed by atoms with Crippen molar-refractivity contribution >= 4 is 17.7 Å². The zero-order chi connectivity index (χ0) is 13.0. The number of carboxylic acid groups (broad SMARTS) is 1. The van der Waals surface area contributed by atoms with Gasteiger partial charge in [-0.25, -0.2) is 9.78 Å². The van der Waals surface area contributed by atoms with Crippen LogP contribution in [0.3, 0.4) is 0 Å². The summed E-state index contributed by atoms with van der Waals surface area (Å²) in [4.78, 5) is 26.7. The number of hydrogen-bond acceptors (Lipinski definition) is 3. The number of carbonyl (C=O) groups is 2. The van der Waals surface area contributed by atoms with Gasteiger partial charge in [-0.3, -0.25) is 4.79 Å². The third-order valence-electron chi connectivity index (χ3n) is 2.90. The van der Waals surface area contributed by atoms with Crippen molar-refractivity contribution in [3.8, 4) is 0 Å². The van der Waals surface area contributed by atoms with Crippen LogP contribution in [0.15, 0.2) is 30.5 Å². The molecule has 0 saturated heterocycles. The van der Waals surface area contributed by atoms with Crippen LogP contribution in [-0.2, 0) is 4.79 Å². The van der Waals surface area contributed by atoms with E-state index in [4.69, 9.17) is 5.11 Å². The largest absolute Gasteiger partial charge is 0.478 e. The van der Waals surface area contributed by atoms with Crippen molar-refractivity contribution in [3.63, 3.8) is 0 Å². The molecule has 0 bridgehead atoms. The van der Waals surface area contributed by atoms with Crippen LogP contribution in [0.4, 0.5) is 5.82 Å². The summed E-state index contributed by atoms with van der Waals surface area (Å²) < 4.78 is 0. The fourth-order valence-electron chi connectivity index (χ4n) is 1.89. The Kier molecular flexibility index (Phi) is 3.72. The van der Waals surface area contributed by atoms with Gasteiger partial charge in [0.05, 0.1) is 5.56 Å². The zero-order valence-corrected chi connectivity index (χ0v) is 9.80. The maximum Gasteiger partial charge on any atom is 0.335 e. The molecule has 0 saturated carbocycles. The van der Waals surface area contributed by atoms with Crippen molar-refractivity contribution in [2.24, 2.45) is 5.92 Å². The molecule has 1 heterocycles. The Morgan fingerprint density at radius 2 is 2.22 bits per heavy atom. The van der Waals surface area contributed by atoms with E-state index >= 15 is 0 Å². The number of pyridine rings is 1. The first kappa shape index (κ1) is 12.3. The summed E-state index contributed by atoms with van der Waals surface area (Å²) >= 11 is 0. The Morgan fingerprint density at radius 1 is 1.39 bits per heavy atom. The summed E-state index contributed by atoms with van der Waals surface area (Å²) in [6.45, 7) is 0. The van der Waals surface area contributed by atoms with Crippen LogP contribution >= 0.6 is 0 Å². The number of allylic oxidation sites excluding steroid dienone is 2. The van der Waals surface area contributed by atoms with Crippen molar-refractivity contribution in [2.45, 2.75) is 19.3 Å². The van der Waals surface area contributed by atoms with Gasteiger partial charge in [-0.05, 0) is 31.4 Å². The quantitative estimate of drug-likeness (QED) is 0.800. The third-order valence-corrected chi connectivity index (χ3v) is 2.90. The number of amides is 1. The molecule has 0 aliphatic heterocycles. The lowest BCUT2D eigenvalue weighted by Gasteiger charge is -2.16. The molecule has 18 heavy (non-hydrogen) atoms. The van der Waals surface area contributed by atoms with E-state index in [-0.39, 0.29) is 23.2 Å². The predicted octanol–water partition coefficient (Wildman–Crippen LogP) is 2.07. The first-order chi connectivity index (χ1) is 8.66. The van der Waals surface area contributed by atoms with Gasteiger partial charge in [0.2, 0.25) is 5.91 Å². The molecule has 1 aliphatic carbocycles. The van der Waals surface area contributed by atoms with Gasteiger partial charge < -0.3 is 10.4 Å². The molecule has 0 spiro atoms. The van der Waals surface area contributed by atoms with E-state index in [0.29, 0.717) is 0 Å². The highest BCUT2D eigenvalue weighted by Gasteiger charge is 2.19. The van der Waals surface area contributed by atoms with Gasteiger partial charge in [0.1, 0.15) is 5.82 Å². The number of aromatic carboxylic acids is 1. The van der Waals surface area contributed by atoms with Gasteiger partial charge in [-0.15, -0.1) is 0 Å². The Balaban J connectivity index is 2.04.